The van der Waals surface area contributed by atoms with Gasteiger partial charge in [0, 0.05) is 23.6 Å². The van der Waals surface area contributed by atoms with Gasteiger partial charge in [0.1, 0.15) is 23.8 Å². The lowest BCUT2D eigenvalue weighted by atomic mass is 9.70. The molecular formula is C38H39BrN6O5. The number of benzene rings is 3. The van der Waals surface area contributed by atoms with Crippen LogP contribution in [0.15, 0.2) is 110 Å². The van der Waals surface area contributed by atoms with Crippen LogP contribution in [0.2, 0.25) is 0 Å². The van der Waals surface area contributed by atoms with Crippen LogP contribution in [0.3, 0.4) is 0 Å². The van der Waals surface area contributed by atoms with Crippen molar-refractivity contribution in [3.05, 3.63) is 116 Å². The summed E-state index contributed by atoms with van der Waals surface area (Å²) in [4.78, 5) is 49.2. The second-order valence-electron chi connectivity index (χ2n) is 13.1. The number of ether oxygens (including phenoxy) is 1. The molecule has 1 N–H and O–H groups in total. The zero-order chi connectivity index (χ0) is 35.0. The summed E-state index contributed by atoms with van der Waals surface area (Å²) < 4.78 is 8.47. The third kappa shape index (κ3) is 5.65. The number of carbonyl (C=O) groups is 3. The van der Waals surface area contributed by atoms with E-state index in [2.05, 4.69) is 39.4 Å². The second kappa shape index (κ2) is 13.9. The molecule has 11 nitrogen and oxygen atoms in total. The number of halogens is 1. The number of hydrogen-bond donors (Lipinski definition) is 1. The number of nitrogens with zero attached hydrogens (tertiary/aromatic N) is 6. The molecule has 3 aliphatic heterocycles. The molecule has 4 aromatic rings. The van der Waals surface area contributed by atoms with Gasteiger partial charge in [-0.25, -0.2) is 4.68 Å². The molecule has 3 saturated heterocycles. The van der Waals surface area contributed by atoms with Gasteiger partial charge in [0.15, 0.2) is 0 Å². The van der Waals surface area contributed by atoms with Gasteiger partial charge in [0.2, 0.25) is 17.7 Å². The van der Waals surface area contributed by atoms with Crippen LogP contribution < -0.4 is 4.90 Å². The van der Waals surface area contributed by atoms with Crippen LogP contribution in [0.5, 0.6) is 0 Å². The Hall–Kier alpha value is -4.65. The molecule has 7 rings (SSSR count). The summed E-state index contributed by atoms with van der Waals surface area (Å²) in [5, 5.41) is 19.5. The Morgan fingerprint density at radius 1 is 1.00 bits per heavy atom. The topological polar surface area (TPSA) is 121 Å². The van der Waals surface area contributed by atoms with Crippen molar-refractivity contribution in [2.24, 2.45) is 11.8 Å². The Kier molecular flexibility index (Phi) is 9.42. The number of para-hydroxylation sites is 2. The van der Waals surface area contributed by atoms with Crippen molar-refractivity contribution < 1.29 is 24.2 Å². The van der Waals surface area contributed by atoms with Gasteiger partial charge in [-0.05, 0) is 42.7 Å². The molecule has 0 saturated carbocycles. The molecule has 3 amide bonds. The predicted molar refractivity (Wildman–Crippen MR) is 192 cm³/mol. The molecule has 50 heavy (non-hydrogen) atoms. The first-order valence-electron chi connectivity index (χ1n) is 16.8. The molecule has 3 aromatic carbocycles. The first kappa shape index (κ1) is 33.8. The van der Waals surface area contributed by atoms with Crippen molar-refractivity contribution in [3.63, 3.8) is 0 Å². The molecule has 12 heteroatoms. The van der Waals surface area contributed by atoms with E-state index >= 15 is 4.79 Å². The zero-order valence-corrected chi connectivity index (χ0v) is 29.1. The van der Waals surface area contributed by atoms with E-state index in [9.17, 15) is 14.7 Å². The minimum atomic E-state index is -1.34. The van der Waals surface area contributed by atoms with Crippen molar-refractivity contribution in [1.82, 2.24) is 24.8 Å². The lowest BCUT2D eigenvalue weighted by molar-refractivity contribution is -0.152. The number of aromatic nitrogens is 3. The number of aliphatic hydroxyl groups excluding tert-OH is 1. The Labute approximate surface area is 298 Å². The highest BCUT2D eigenvalue weighted by Crippen LogP contribution is 2.61. The Balaban J connectivity index is 1.32. The van der Waals surface area contributed by atoms with Gasteiger partial charge in [-0.2, -0.15) is 0 Å². The predicted octanol–water partition coefficient (Wildman–Crippen LogP) is 3.97. The fourth-order valence-electron chi connectivity index (χ4n) is 8.13. The average Bonchev–Trinajstić information content (AvgIpc) is 3.86. The number of hydrogen-bond acceptors (Lipinski definition) is 7. The number of amides is 3. The number of alkyl halides is 1. The number of rotatable bonds is 13. The number of anilines is 1. The molecule has 3 aliphatic rings. The SMILES string of the molecule is C=CCN(Cn1nnc2ccccc21)C(=O)C1N([C@@H](CO)Cc2ccccc2)C(=O)[C@@H]2[C@H](C(=O)N(CC=C)c3ccccc3)[C@H]3OC12CC3Br. The minimum absolute atomic E-state index is 0.0395. The van der Waals surface area contributed by atoms with Crippen molar-refractivity contribution >= 4 is 50.4 Å². The third-order valence-electron chi connectivity index (χ3n) is 10.2. The van der Waals surface area contributed by atoms with E-state index < -0.39 is 42.2 Å². The van der Waals surface area contributed by atoms with Crippen LogP contribution in [-0.2, 0) is 32.2 Å². The zero-order valence-electron chi connectivity index (χ0n) is 27.5. The highest BCUT2D eigenvalue weighted by molar-refractivity contribution is 9.09. The molecular weight excluding hydrogens is 700 g/mol. The molecule has 1 spiro atoms. The maximum atomic E-state index is 15.1. The normalized spacial score (nSPS) is 25.8. The van der Waals surface area contributed by atoms with Gasteiger partial charge < -0.3 is 24.5 Å². The molecule has 2 bridgehead atoms. The third-order valence-corrected chi connectivity index (χ3v) is 11.0. The fraction of sp³-hybridized carbons (Fsp3) is 0.342. The minimum Gasteiger partial charge on any atom is -0.394 e. The highest BCUT2D eigenvalue weighted by atomic mass is 79.9. The molecule has 3 fully saturated rings. The summed E-state index contributed by atoms with van der Waals surface area (Å²) in [6.45, 7) is 7.81. The molecule has 258 valence electrons. The van der Waals surface area contributed by atoms with Crippen LogP contribution in [-0.4, -0.2) is 95.9 Å². The molecule has 3 unspecified atom stereocenters. The van der Waals surface area contributed by atoms with Crippen molar-refractivity contribution in [3.8, 4) is 0 Å². The smallest absolute Gasteiger partial charge is 0.250 e. The maximum Gasteiger partial charge on any atom is 0.250 e. The number of fused-ring (bicyclic) bond motifs is 2. The van der Waals surface area contributed by atoms with Crippen LogP contribution in [0.4, 0.5) is 5.69 Å². The average molecular weight is 740 g/mol. The molecule has 0 radical (unpaired) electrons. The summed E-state index contributed by atoms with van der Waals surface area (Å²) in [7, 11) is 0. The Morgan fingerprint density at radius 2 is 1.68 bits per heavy atom. The Bertz CT molecular complexity index is 1910. The fourth-order valence-corrected chi connectivity index (χ4v) is 9.07. The van der Waals surface area contributed by atoms with Crippen LogP contribution in [0.25, 0.3) is 11.0 Å². The quantitative estimate of drug-likeness (QED) is 0.163. The summed E-state index contributed by atoms with van der Waals surface area (Å²) >= 11 is 3.79. The van der Waals surface area contributed by atoms with E-state index in [1.54, 1.807) is 26.6 Å². The molecule has 1 aromatic heterocycles. The van der Waals surface area contributed by atoms with Gasteiger partial charge in [-0.15, -0.1) is 18.3 Å². The summed E-state index contributed by atoms with van der Waals surface area (Å²) in [6.07, 6.45) is 3.25. The molecule has 7 atom stereocenters. The van der Waals surface area contributed by atoms with Gasteiger partial charge in [0.05, 0.1) is 36.1 Å². The lowest BCUT2D eigenvalue weighted by Gasteiger charge is -2.39. The summed E-state index contributed by atoms with van der Waals surface area (Å²) in [5.41, 5.74) is 1.66. The molecule has 4 heterocycles. The van der Waals surface area contributed by atoms with Crippen LogP contribution >= 0.6 is 15.9 Å². The van der Waals surface area contributed by atoms with Gasteiger partial charge in [-0.3, -0.25) is 14.4 Å². The monoisotopic (exact) mass is 738 g/mol. The van der Waals surface area contributed by atoms with E-state index in [1.807, 2.05) is 84.9 Å². The van der Waals surface area contributed by atoms with E-state index in [0.29, 0.717) is 24.0 Å². The largest absolute Gasteiger partial charge is 0.394 e. The standard InChI is InChI=1S/C38H39BrN6O5/c1-3-19-42(24-44-30-18-12-11-17-29(30)40-41-44)37(49)34-38-22-28(39)33(50-38)31(35(47)43(20-4-2)26-15-9-6-10-16-26)32(38)36(48)45(34)27(23-46)21-25-13-7-5-8-14-25/h3-18,27-28,31-34,46H,1-2,19-24H2/t27-,28?,31+,32+,33+,34?,38?/m1/s1. The lowest BCUT2D eigenvalue weighted by Crippen LogP contribution is -2.59. The first-order chi connectivity index (χ1) is 24.3. The van der Waals surface area contributed by atoms with Crippen molar-refractivity contribution in [2.75, 3.05) is 24.6 Å². The number of aliphatic hydroxyl groups is 1. The van der Waals surface area contributed by atoms with Crippen molar-refractivity contribution in [2.45, 2.75) is 48.1 Å². The number of likely N-dealkylation sites (tertiary alicyclic amines) is 1. The van der Waals surface area contributed by atoms with E-state index in [-0.39, 0.29) is 42.3 Å². The Morgan fingerprint density at radius 3 is 2.38 bits per heavy atom. The molecule has 0 aliphatic carbocycles. The van der Waals surface area contributed by atoms with Gasteiger partial charge in [0.25, 0.3) is 0 Å². The van der Waals surface area contributed by atoms with Crippen LogP contribution in [0.1, 0.15) is 12.0 Å². The number of carbonyl (C=O) groups excluding carboxylic acids is 3. The van der Waals surface area contributed by atoms with E-state index in [0.717, 1.165) is 11.1 Å². The summed E-state index contributed by atoms with van der Waals surface area (Å²) in [6, 6.07) is 24.4. The second-order valence-corrected chi connectivity index (χ2v) is 14.3. The summed E-state index contributed by atoms with van der Waals surface area (Å²) in [5.74, 6) is -2.88. The maximum absolute atomic E-state index is 15.1. The van der Waals surface area contributed by atoms with E-state index in [1.165, 1.54) is 4.90 Å². The first-order valence-corrected chi connectivity index (χ1v) is 17.7. The van der Waals surface area contributed by atoms with E-state index in [4.69, 9.17) is 4.74 Å². The van der Waals surface area contributed by atoms with Gasteiger partial charge in [-0.1, -0.05) is 94.0 Å². The van der Waals surface area contributed by atoms with Gasteiger partial charge >= 0.3 is 0 Å². The van der Waals surface area contributed by atoms with Crippen molar-refractivity contribution in [1.29, 1.82) is 0 Å². The highest BCUT2D eigenvalue weighted by Gasteiger charge is 2.77. The van der Waals surface area contributed by atoms with Crippen LogP contribution in [0, 0.1) is 11.8 Å².